The van der Waals surface area contributed by atoms with Crippen molar-refractivity contribution in [3.63, 3.8) is 0 Å². The molecule has 1 atom stereocenters. The molecule has 8 nitrogen and oxygen atoms in total. The molecule has 1 aliphatic heterocycles. The van der Waals surface area contributed by atoms with Gasteiger partial charge < -0.3 is 15.5 Å². The first kappa shape index (κ1) is 18.0. The van der Waals surface area contributed by atoms with Gasteiger partial charge in [0.25, 0.3) is 0 Å². The topological polar surface area (TPSA) is 88.0 Å². The predicted octanol–water partition coefficient (Wildman–Crippen LogP) is 2.42. The van der Waals surface area contributed by atoms with Crippen molar-refractivity contribution in [3.8, 4) is 0 Å². The van der Waals surface area contributed by atoms with Gasteiger partial charge in [-0.15, -0.1) is 0 Å². The number of nitrogens with zero attached hydrogens (tertiary/aromatic N) is 5. The first-order valence-corrected chi connectivity index (χ1v) is 9.22. The van der Waals surface area contributed by atoms with E-state index >= 15 is 0 Å². The molecule has 0 fully saturated rings. The summed E-state index contributed by atoms with van der Waals surface area (Å²) in [6, 6.07) is 9.95. The van der Waals surface area contributed by atoms with E-state index in [-0.39, 0.29) is 11.9 Å². The Hall–Kier alpha value is -3.42. The molecule has 1 amide bonds. The van der Waals surface area contributed by atoms with Gasteiger partial charge in [0.2, 0.25) is 11.9 Å². The van der Waals surface area contributed by atoms with E-state index in [1.807, 2.05) is 61.1 Å². The molecular formula is C20H23N7O. The van der Waals surface area contributed by atoms with E-state index in [0.717, 1.165) is 23.6 Å². The van der Waals surface area contributed by atoms with Gasteiger partial charge in [-0.2, -0.15) is 10.1 Å². The molecule has 28 heavy (non-hydrogen) atoms. The van der Waals surface area contributed by atoms with Gasteiger partial charge in [-0.1, -0.05) is 30.3 Å². The molecule has 0 saturated heterocycles. The number of carbonyl (C=O) groups excluding carboxylic acids is 1. The number of aryl methyl sites for hydroxylation is 1. The van der Waals surface area contributed by atoms with Gasteiger partial charge in [-0.3, -0.25) is 9.48 Å². The molecule has 0 saturated carbocycles. The van der Waals surface area contributed by atoms with Crippen LogP contribution in [0.5, 0.6) is 0 Å². The van der Waals surface area contributed by atoms with Gasteiger partial charge >= 0.3 is 0 Å². The highest BCUT2D eigenvalue weighted by molar-refractivity contribution is 6.03. The Morgan fingerprint density at radius 2 is 1.96 bits per heavy atom. The van der Waals surface area contributed by atoms with Gasteiger partial charge in [-0.05, 0) is 19.4 Å². The largest absolute Gasteiger partial charge is 0.350 e. The van der Waals surface area contributed by atoms with E-state index in [9.17, 15) is 4.79 Å². The molecule has 0 spiro atoms. The summed E-state index contributed by atoms with van der Waals surface area (Å²) < 4.78 is 1.91. The summed E-state index contributed by atoms with van der Waals surface area (Å²) in [4.78, 5) is 23.0. The summed E-state index contributed by atoms with van der Waals surface area (Å²) in [5.41, 5.74) is 3.66. The number of carbonyl (C=O) groups is 1. The summed E-state index contributed by atoms with van der Waals surface area (Å²) in [7, 11) is 1.87. The molecule has 3 aromatic rings. The molecule has 0 radical (unpaired) electrons. The zero-order chi connectivity index (χ0) is 19.7. The van der Waals surface area contributed by atoms with Crippen LogP contribution >= 0.6 is 0 Å². The molecule has 2 aromatic heterocycles. The van der Waals surface area contributed by atoms with E-state index in [2.05, 4.69) is 37.8 Å². The van der Waals surface area contributed by atoms with Crippen LogP contribution in [0.4, 0.5) is 17.5 Å². The van der Waals surface area contributed by atoms with E-state index in [1.54, 1.807) is 0 Å². The summed E-state index contributed by atoms with van der Waals surface area (Å²) >= 11 is 0. The smallest absolute Gasteiger partial charge is 0.246 e. The molecule has 4 rings (SSSR count). The number of amides is 1. The lowest BCUT2D eigenvalue weighted by molar-refractivity contribution is -0.117. The fraction of sp³-hybridized carbons (Fsp3) is 0.300. The minimum atomic E-state index is -0.272. The van der Waals surface area contributed by atoms with Crippen molar-refractivity contribution in [3.05, 3.63) is 59.5 Å². The maximum Gasteiger partial charge on any atom is 0.246 e. The van der Waals surface area contributed by atoms with Crippen LogP contribution in [-0.4, -0.2) is 38.7 Å². The molecule has 0 aliphatic carbocycles. The van der Waals surface area contributed by atoms with Crippen LogP contribution in [0.15, 0.2) is 42.7 Å². The Labute approximate surface area is 163 Å². The van der Waals surface area contributed by atoms with E-state index in [4.69, 9.17) is 0 Å². The summed E-state index contributed by atoms with van der Waals surface area (Å²) in [6.45, 7) is 5.02. The number of nitrogens with one attached hydrogen (secondary N) is 2. The first-order valence-electron chi connectivity index (χ1n) is 9.22. The highest BCUT2D eigenvalue weighted by Gasteiger charge is 2.30. The predicted molar refractivity (Wildman–Crippen MR) is 108 cm³/mol. The third kappa shape index (κ3) is 3.53. The highest BCUT2D eigenvalue weighted by Crippen LogP contribution is 2.32. The van der Waals surface area contributed by atoms with Crippen molar-refractivity contribution in [2.24, 2.45) is 0 Å². The third-order valence-electron chi connectivity index (χ3n) is 4.94. The Morgan fingerprint density at radius 3 is 2.75 bits per heavy atom. The van der Waals surface area contributed by atoms with E-state index in [0.29, 0.717) is 18.2 Å². The number of hydrogen-bond donors (Lipinski definition) is 2. The quantitative estimate of drug-likeness (QED) is 0.710. The Bertz CT molecular complexity index is 999. The van der Waals surface area contributed by atoms with Crippen molar-refractivity contribution < 1.29 is 4.79 Å². The first-order chi connectivity index (χ1) is 13.5. The Kier molecular flexibility index (Phi) is 4.68. The second-order valence-corrected chi connectivity index (χ2v) is 6.99. The third-order valence-corrected chi connectivity index (χ3v) is 4.94. The molecule has 2 N–H and O–H groups in total. The van der Waals surface area contributed by atoms with Crippen molar-refractivity contribution in [1.29, 1.82) is 0 Å². The fourth-order valence-electron chi connectivity index (χ4n) is 3.16. The van der Waals surface area contributed by atoms with Crippen molar-refractivity contribution >= 4 is 23.4 Å². The molecule has 0 bridgehead atoms. The number of likely N-dealkylation sites (N-methyl/N-ethyl adjacent to an activating group) is 1. The summed E-state index contributed by atoms with van der Waals surface area (Å²) in [5.74, 6) is 1.21. The van der Waals surface area contributed by atoms with Crippen LogP contribution < -0.4 is 15.5 Å². The van der Waals surface area contributed by atoms with Crippen LogP contribution in [0.1, 0.15) is 23.7 Å². The second-order valence-electron chi connectivity index (χ2n) is 6.99. The van der Waals surface area contributed by atoms with Crippen LogP contribution in [0.3, 0.4) is 0 Å². The maximum atomic E-state index is 12.0. The zero-order valence-corrected chi connectivity index (χ0v) is 16.2. The lowest BCUT2D eigenvalue weighted by atomic mass is 10.2. The lowest BCUT2D eigenvalue weighted by Crippen LogP contribution is -2.44. The SMILES string of the molecule is Cc1nc(NCc2cnn(Cc3ccccc3)c2)nc2c1NC(=O)[C@H](C)N2C. The molecule has 8 heteroatoms. The summed E-state index contributed by atoms with van der Waals surface area (Å²) in [6.07, 6.45) is 3.86. The second kappa shape index (κ2) is 7.30. The van der Waals surface area contributed by atoms with Crippen LogP contribution in [-0.2, 0) is 17.9 Å². The number of anilines is 3. The zero-order valence-electron chi connectivity index (χ0n) is 16.2. The number of benzene rings is 1. The average Bonchev–Trinajstić information content (AvgIpc) is 3.14. The van der Waals surface area contributed by atoms with Crippen LogP contribution in [0.2, 0.25) is 0 Å². The number of aromatic nitrogens is 4. The van der Waals surface area contributed by atoms with Crippen molar-refractivity contribution in [2.75, 3.05) is 22.6 Å². The monoisotopic (exact) mass is 377 g/mol. The van der Waals surface area contributed by atoms with Gasteiger partial charge in [0.1, 0.15) is 11.7 Å². The normalized spacial score (nSPS) is 15.9. The van der Waals surface area contributed by atoms with Crippen LogP contribution in [0, 0.1) is 6.92 Å². The van der Waals surface area contributed by atoms with Gasteiger partial charge in [0.05, 0.1) is 18.4 Å². The minimum absolute atomic E-state index is 0.0479. The molecular weight excluding hydrogens is 354 g/mol. The van der Waals surface area contributed by atoms with E-state index in [1.165, 1.54) is 5.56 Å². The highest BCUT2D eigenvalue weighted by atomic mass is 16.2. The number of rotatable bonds is 5. The average molecular weight is 377 g/mol. The number of hydrogen-bond acceptors (Lipinski definition) is 6. The lowest BCUT2D eigenvalue weighted by Gasteiger charge is -2.32. The molecule has 3 heterocycles. The molecule has 1 aliphatic rings. The van der Waals surface area contributed by atoms with Crippen molar-refractivity contribution in [1.82, 2.24) is 19.7 Å². The minimum Gasteiger partial charge on any atom is -0.350 e. The standard InChI is InChI=1S/C20H23N7O/c1-13-17-18(26(3)14(2)19(28)24-17)25-20(23-13)21-9-16-10-22-27(12-16)11-15-7-5-4-6-8-15/h4-8,10,12,14H,9,11H2,1-3H3,(H,24,28)(H,21,23,25)/t14-/m0/s1. The summed E-state index contributed by atoms with van der Waals surface area (Å²) in [5, 5.41) is 10.6. The molecule has 1 aromatic carbocycles. The van der Waals surface area contributed by atoms with Gasteiger partial charge in [0, 0.05) is 25.4 Å². The van der Waals surface area contributed by atoms with Gasteiger partial charge in [0.15, 0.2) is 5.82 Å². The fourth-order valence-corrected chi connectivity index (χ4v) is 3.16. The Balaban J connectivity index is 1.46. The van der Waals surface area contributed by atoms with E-state index < -0.39 is 0 Å². The Morgan fingerprint density at radius 1 is 1.18 bits per heavy atom. The van der Waals surface area contributed by atoms with Gasteiger partial charge in [-0.25, -0.2) is 4.98 Å². The van der Waals surface area contributed by atoms with Crippen LogP contribution in [0.25, 0.3) is 0 Å². The maximum absolute atomic E-state index is 12.0. The molecule has 0 unspecified atom stereocenters. The number of fused-ring (bicyclic) bond motifs is 1. The van der Waals surface area contributed by atoms with Crippen molar-refractivity contribution in [2.45, 2.75) is 33.0 Å². The molecule has 144 valence electrons.